The summed E-state index contributed by atoms with van der Waals surface area (Å²) in [6.45, 7) is 8.59. The Morgan fingerprint density at radius 2 is 1.75 bits per heavy atom. The maximum atomic E-state index is 4.68. The van der Waals surface area contributed by atoms with Crippen molar-refractivity contribution >= 4 is 10.9 Å². The van der Waals surface area contributed by atoms with Gasteiger partial charge in [-0.15, -0.1) is 0 Å². The van der Waals surface area contributed by atoms with Crippen molar-refractivity contribution in [3.63, 3.8) is 0 Å². The number of fused-ring (bicyclic) bond motifs is 1. The van der Waals surface area contributed by atoms with Crippen molar-refractivity contribution in [2.24, 2.45) is 0 Å². The fraction of sp³-hybridized carbons (Fsp3) is 0.429. The second kappa shape index (κ2) is 3.85. The maximum absolute atomic E-state index is 4.68. The molecular formula is C14H18N2. The van der Waals surface area contributed by atoms with Crippen molar-refractivity contribution in [2.45, 2.75) is 39.5 Å². The number of hydrogen-bond acceptors (Lipinski definition) is 2. The van der Waals surface area contributed by atoms with Crippen molar-refractivity contribution in [1.82, 2.24) is 9.97 Å². The van der Waals surface area contributed by atoms with Crippen LogP contribution in [0.15, 0.2) is 24.3 Å². The molecule has 0 saturated carbocycles. The van der Waals surface area contributed by atoms with Crippen molar-refractivity contribution in [3.8, 4) is 0 Å². The number of aromatic nitrogens is 2. The summed E-state index contributed by atoms with van der Waals surface area (Å²) in [7, 11) is 0. The van der Waals surface area contributed by atoms with Crippen LogP contribution in [-0.4, -0.2) is 9.97 Å². The molecule has 2 heteroatoms. The van der Waals surface area contributed by atoms with Crippen LogP contribution >= 0.6 is 0 Å². The van der Waals surface area contributed by atoms with E-state index in [9.17, 15) is 0 Å². The van der Waals surface area contributed by atoms with E-state index in [1.165, 1.54) is 5.39 Å². The topological polar surface area (TPSA) is 25.8 Å². The molecule has 0 spiro atoms. The van der Waals surface area contributed by atoms with Crippen LogP contribution in [0.2, 0.25) is 0 Å². The van der Waals surface area contributed by atoms with Gasteiger partial charge in [-0.25, -0.2) is 9.97 Å². The van der Waals surface area contributed by atoms with Gasteiger partial charge in [0, 0.05) is 10.8 Å². The van der Waals surface area contributed by atoms with Crippen LogP contribution in [0.4, 0.5) is 0 Å². The maximum Gasteiger partial charge on any atom is 0.134 e. The molecule has 0 aliphatic rings. The fourth-order valence-corrected chi connectivity index (χ4v) is 1.75. The van der Waals surface area contributed by atoms with Crippen LogP contribution in [-0.2, 0) is 11.8 Å². The van der Waals surface area contributed by atoms with Gasteiger partial charge in [0.15, 0.2) is 0 Å². The Hall–Kier alpha value is -1.44. The quantitative estimate of drug-likeness (QED) is 0.726. The molecule has 0 N–H and O–H groups in total. The summed E-state index contributed by atoms with van der Waals surface area (Å²) in [5.41, 5.74) is 2.21. The van der Waals surface area contributed by atoms with E-state index in [1.807, 2.05) is 12.1 Å². The Kier molecular flexibility index (Phi) is 2.66. The Morgan fingerprint density at radius 1 is 1.06 bits per heavy atom. The van der Waals surface area contributed by atoms with Crippen LogP contribution in [0.25, 0.3) is 10.9 Å². The highest BCUT2D eigenvalue weighted by molar-refractivity contribution is 5.80. The summed E-state index contributed by atoms with van der Waals surface area (Å²) in [6.07, 6.45) is 0.951. The van der Waals surface area contributed by atoms with Gasteiger partial charge in [-0.2, -0.15) is 0 Å². The molecule has 1 heterocycles. The first kappa shape index (κ1) is 11.1. The molecule has 0 aliphatic carbocycles. The largest absolute Gasteiger partial charge is 0.237 e. The van der Waals surface area contributed by atoms with Gasteiger partial charge in [-0.05, 0) is 12.5 Å². The van der Waals surface area contributed by atoms with E-state index in [-0.39, 0.29) is 5.41 Å². The third-order valence-electron chi connectivity index (χ3n) is 2.69. The van der Waals surface area contributed by atoms with Gasteiger partial charge in [0.1, 0.15) is 5.82 Å². The molecule has 16 heavy (non-hydrogen) atoms. The number of aryl methyl sites for hydroxylation is 1. The van der Waals surface area contributed by atoms with Crippen molar-refractivity contribution < 1.29 is 0 Å². The molecule has 0 bridgehead atoms. The molecule has 0 fully saturated rings. The number of benzene rings is 1. The Morgan fingerprint density at radius 3 is 2.38 bits per heavy atom. The summed E-state index contributed by atoms with van der Waals surface area (Å²) in [5, 5.41) is 1.18. The fourth-order valence-electron chi connectivity index (χ4n) is 1.75. The van der Waals surface area contributed by atoms with E-state index < -0.39 is 0 Å². The smallest absolute Gasteiger partial charge is 0.134 e. The number of hydrogen-bond donors (Lipinski definition) is 0. The summed E-state index contributed by atoms with van der Waals surface area (Å²) in [6, 6.07) is 8.23. The minimum absolute atomic E-state index is 0.00789. The summed E-state index contributed by atoms with van der Waals surface area (Å²) < 4.78 is 0. The molecule has 0 amide bonds. The summed E-state index contributed by atoms with van der Waals surface area (Å²) >= 11 is 0. The Bertz CT molecular complexity index is 510. The van der Waals surface area contributed by atoms with Gasteiger partial charge < -0.3 is 0 Å². The van der Waals surface area contributed by atoms with Gasteiger partial charge in [0.05, 0.1) is 11.2 Å². The zero-order valence-corrected chi connectivity index (χ0v) is 10.4. The van der Waals surface area contributed by atoms with Crippen molar-refractivity contribution in [2.75, 3.05) is 0 Å². The predicted octanol–water partition coefficient (Wildman–Crippen LogP) is 3.49. The lowest BCUT2D eigenvalue weighted by atomic mass is 9.95. The molecule has 84 valence electrons. The molecule has 2 nitrogen and oxygen atoms in total. The molecule has 2 rings (SSSR count). The Balaban J connectivity index is 2.73. The first-order chi connectivity index (χ1) is 7.52. The lowest BCUT2D eigenvalue weighted by Gasteiger charge is -2.18. The highest BCUT2D eigenvalue weighted by Gasteiger charge is 2.18. The van der Waals surface area contributed by atoms with Crippen molar-refractivity contribution in [1.29, 1.82) is 0 Å². The van der Waals surface area contributed by atoms with Crippen LogP contribution in [0, 0.1) is 0 Å². The van der Waals surface area contributed by atoms with Gasteiger partial charge in [0.25, 0.3) is 0 Å². The molecule has 0 saturated heterocycles. The molecule has 1 aromatic heterocycles. The van der Waals surface area contributed by atoms with Crippen LogP contribution < -0.4 is 0 Å². The average Bonchev–Trinajstić information content (AvgIpc) is 2.26. The number of rotatable bonds is 1. The lowest BCUT2D eigenvalue weighted by molar-refractivity contribution is 0.545. The van der Waals surface area contributed by atoms with Gasteiger partial charge in [-0.1, -0.05) is 45.9 Å². The third-order valence-corrected chi connectivity index (χ3v) is 2.69. The minimum Gasteiger partial charge on any atom is -0.237 e. The second-order valence-corrected chi connectivity index (χ2v) is 5.11. The minimum atomic E-state index is 0.00789. The second-order valence-electron chi connectivity index (χ2n) is 5.11. The van der Waals surface area contributed by atoms with Crippen LogP contribution in [0.5, 0.6) is 0 Å². The van der Waals surface area contributed by atoms with Crippen molar-refractivity contribution in [3.05, 3.63) is 35.8 Å². The van der Waals surface area contributed by atoms with E-state index in [4.69, 9.17) is 0 Å². The first-order valence-electron chi connectivity index (χ1n) is 5.78. The molecule has 0 radical (unpaired) electrons. The standard InChI is InChI=1S/C14H18N2/c1-5-11-10-8-6-7-9-12(10)16-13(15-11)14(2,3)4/h6-9H,5H2,1-4H3. The Labute approximate surface area is 96.7 Å². The van der Waals surface area contributed by atoms with Gasteiger partial charge in [-0.3, -0.25) is 0 Å². The van der Waals surface area contributed by atoms with E-state index >= 15 is 0 Å². The highest BCUT2D eigenvalue weighted by Crippen LogP contribution is 2.23. The highest BCUT2D eigenvalue weighted by atomic mass is 14.9. The van der Waals surface area contributed by atoms with Crippen LogP contribution in [0.1, 0.15) is 39.2 Å². The molecule has 0 atom stereocenters. The number of nitrogens with zero attached hydrogens (tertiary/aromatic N) is 2. The molecule has 2 aromatic rings. The summed E-state index contributed by atoms with van der Waals surface area (Å²) in [5.74, 6) is 0.933. The van der Waals surface area contributed by atoms with E-state index in [1.54, 1.807) is 0 Å². The first-order valence-corrected chi connectivity index (χ1v) is 5.78. The van der Waals surface area contributed by atoms with E-state index in [2.05, 4.69) is 49.8 Å². The van der Waals surface area contributed by atoms with E-state index in [0.717, 1.165) is 23.5 Å². The SMILES string of the molecule is CCc1nc(C(C)(C)C)nc2ccccc12. The molecule has 0 aliphatic heterocycles. The summed E-state index contributed by atoms with van der Waals surface area (Å²) in [4.78, 5) is 9.32. The molecular weight excluding hydrogens is 196 g/mol. The zero-order chi connectivity index (χ0) is 11.8. The third kappa shape index (κ3) is 1.92. The zero-order valence-electron chi connectivity index (χ0n) is 10.4. The van der Waals surface area contributed by atoms with Gasteiger partial charge >= 0.3 is 0 Å². The lowest BCUT2D eigenvalue weighted by Crippen LogP contribution is -2.17. The predicted molar refractivity (Wildman–Crippen MR) is 67.6 cm³/mol. The number of para-hydroxylation sites is 1. The monoisotopic (exact) mass is 214 g/mol. The normalized spacial score (nSPS) is 12.0. The average molecular weight is 214 g/mol. The van der Waals surface area contributed by atoms with Gasteiger partial charge in [0.2, 0.25) is 0 Å². The molecule has 0 unspecified atom stereocenters. The van der Waals surface area contributed by atoms with Crippen LogP contribution in [0.3, 0.4) is 0 Å². The molecule has 1 aromatic carbocycles. The van der Waals surface area contributed by atoms with E-state index in [0.29, 0.717) is 0 Å².